The summed E-state index contributed by atoms with van der Waals surface area (Å²) in [4.78, 5) is 7.20. The largest absolute Gasteiger partial charge is 0.396 e. The monoisotopic (exact) mass is 184 g/mol. The van der Waals surface area contributed by atoms with E-state index in [2.05, 4.69) is 9.97 Å². The van der Waals surface area contributed by atoms with Crippen LogP contribution in [0.25, 0.3) is 0 Å². The standard InChI is InChI=1S/C9H16N2O2/c12-5-1-3-8-9(4-2-6-13)11-7-10-8/h7,12-13H,1-6H2,(H,10,11). The molecule has 1 rings (SSSR count). The number of hydrogen-bond donors (Lipinski definition) is 3. The van der Waals surface area contributed by atoms with E-state index in [4.69, 9.17) is 10.2 Å². The fourth-order valence-electron chi connectivity index (χ4n) is 1.28. The molecular formula is C9H16N2O2. The summed E-state index contributed by atoms with van der Waals surface area (Å²) < 4.78 is 0. The Labute approximate surface area is 77.6 Å². The lowest BCUT2D eigenvalue weighted by molar-refractivity contribution is 0.285. The smallest absolute Gasteiger partial charge is 0.0925 e. The van der Waals surface area contributed by atoms with Gasteiger partial charge in [-0.25, -0.2) is 4.98 Å². The molecule has 0 spiro atoms. The first-order valence-electron chi connectivity index (χ1n) is 4.61. The van der Waals surface area contributed by atoms with Gasteiger partial charge >= 0.3 is 0 Å². The molecule has 1 aromatic rings. The second kappa shape index (κ2) is 5.72. The van der Waals surface area contributed by atoms with Crippen molar-refractivity contribution in [1.29, 1.82) is 0 Å². The Kier molecular flexibility index (Phi) is 4.49. The van der Waals surface area contributed by atoms with Crippen LogP contribution in [-0.2, 0) is 12.8 Å². The zero-order valence-corrected chi connectivity index (χ0v) is 7.66. The van der Waals surface area contributed by atoms with E-state index in [1.165, 1.54) is 0 Å². The summed E-state index contributed by atoms with van der Waals surface area (Å²) in [6.45, 7) is 0.408. The van der Waals surface area contributed by atoms with Gasteiger partial charge in [0.25, 0.3) is 0 Å². The minimum absolute atomic E-state index is 0.201. The zero-order valence-electron chi connectivity index (χ0n) is 7.66. The number of imidazole rings is 1. The van der Waals surface area contributed by atoms with Gasteiger partial charge in [0.15, 0.2) is 0 Å². The lowest BCUT2D eigenvalue weighted by Crippen LogP contribution is -1.97. The van der Waals surface area contributed by atoms with E-state index in [1.807, 2.05) is 0 Å². The molecule has 0 unspecified atom stereocenters. The van der Waals surface area contributed by atoms with Crippen molar-refractivity contribution in [3.05, 3.63) is 17.7 Å². The Hall–Kier alpha value is -0.870. The molecule has 0 saturated heterocycles. The van der Waals surface area contributed by atoms with Gasteiger partial charge in [0.05, 0.1) is 12.0 Å². The molecule has 1 aromatic heterocycles. The molecule has 4 nitrogen and oxygen atoms in total. The summed E-state index contributed by atoms with van der Waals surface area (Å²) in [5.41, 5.74) is 2.10. The van der Waals surface area contributed by atoms with Gasteiger partial charge in [0.2, 0.25) is 0 Å². The van der Waals surface area contributed by atoms with E-state index < -0.39 is 0 Å². The molecule has 4 heteroatoms. The molecule has 0 radical (unpaired) electrons. The van der Waals surface area contributed by atoms with Crippen LogP contribution in [0.15, 0.2) is 6.33 Å². The Morgan fingerprint density at radius 2 is 1.85 bits per heavy atom. The highest BCUT2D eigenvalue weighted by atomic mass is 16.3. The maximum Gasteiger partial charge on any atom is 0.0925 e. The molecule has 1 heterocycles. The number of aromatic nitrogens is 2. The van der Waals surface area contributed by atoms with E-state index in [9.17, 15) is 0 Å². The number of aliphatic hydroxyl groups is 2. The van der Waals surface area contributed by atoms with Gasteiger partial charge in [-0.1, -0.05) is 0 Å². The first-order valence-corrected chi connectivity index (χ1v) is 4.61. The van der Waals surface area contributed by atoms with E-state index in [-0.39, 0.29) is 13.2 Å². The zero-order chi connectivity index (χ0) is 9.52. The van der Waals surface area contributed by atoms with Crippen LogP contribution in [0.5, 0.6) is 0 Å². The maximum absolute atomic E-state index is 8.66. The minimum atomic E-state index is 0.201. The molecule has 0 atom stereocenters. The summed E-state index contributed by atoms with van der Waals surface area (Å²) in [5, 5.41) is 17.3. The van der Waals surface area contributed by atoms with E-state index >= 15 is 0 Å². The molecule has 0 aromatic carbocycles. The quantitative estimate of drug-likeness (QED) is 0.594. The fraction of sp³-hybridized carbons (Fsp3) is 0.667. The molecule has 0 fully saturated rings. The minimum Gasteiger partial charge on any atom is -0.396 e. The molecule has 0 amide bonds. The molecule has 13 heavy (non-hydrogen) atoms. The van der Waals surface area contributed by atoms with Gasteiger partial charge in [-0.2, -0.15) is 0 Å². The highest BCUT2D eigenvalue weighted by Gasteiger charge is 2.03. The molecule has 0 bridgehead atoms. The van der Waals surface area contributed by atoms with Crippen molar-refractivity contribution in [2.24, 2.45) is 0 Å². The summed E-state index contributed by atoms with van der Waals surface area (Å²) in [5.74, 6) is 0. The van der Waals surface area contributed by atoms with Crippen molar-refractivity contribution in [2.75, 3.05) is 13.2 Å². The number of rotatable bonds is 6. The summed E-state index contributed by atoms with van der Waals surface area (Å²) in [7, 11) is 0. The van der Waals surface area contributed by atoms with Crippen molar-refractivity contribution in [1.82, 2.24) is 9.97 Å². The van der Waals surface area contributed by atoms with Crippen molar-refractivity contribution in [2.45, 2.75) is 25.7 Å². The Morgan fingerprint density at radius 3 is 2.54 bits per heavy atom. The number of hydrogen-bond acceptors (Lipinski definition) is 3. The fourth-order valence-corrected chi connectivity index (χ4v) is 1.28. The molecule has 3 N–H and O–H groups in total. The van der Waals surface area contributed by atoms with Gasteiger partial charge in [0, 0.05) is 18.9 Å². The molecule has 0 saturated carbocycles. The highest BCUT2D eigenvalue weighted by molar-refractivity contribution is 5.11. The van der Waals surface area contributed by atoms with Crippen molar-refractivity contribution in [3.8, 4) is 0 Å². The average molecular weight is 184 g/mol. The van der Waals surface area contributed by atoms with Crippen LogP contribution in [0.4, 0.5) is 0 Å². The van der Waals surface area contributed by atoms with Crippen LogP contribution in [0.2, 0.25) is 0 Å². The Morgan fingerprint density at radius 1 is 1.15 bits per heavy atom. The topological polar surface area (TPSA) is 69.1 Å². The summed E-state index contributed by atoms with van der Waals surface area (Å²) in [6, 6.07) is 0. The predicted molar refractivity (Wildman–Crippen MR) is 49.4 cm³/mol. The Balaban J connectivity index is 2.45. The lowest BCUT2D eigenvalue weighted by Gasteiger charge is -1.99. The van der Waals surface area contributed by atoms with Crippen LogP contribution in [0.3, 0.4) is 0 Å². The van der Waals surface area contributed by atoms with Crippen LogP contribution in [0, 0.1) is 0 Å². The number of aliphatic hydroxyl groups excluding tert-OH is 2. The normalized spacial score (nSPS) is 10.6. The number of nitrogens with zero attached hydrogens (tertiary/aromatic N) is 1. The van der Waals surface area contributed by atoms with Crippen LogP contribution < -0.4 is 0 Å². The van der Waals surface area contributed by atoms with Gasteiger partial charge < -0.3 is 15.2 Å². The van der Waals surface area contributed by atoms with Crippen molar-refractivity contribution >= 4 is 0 Å². The molecule has 0 aliphatic carbocycles. The third kappa shape index (κ3) is 3.16. The number of nitrogens with one attached hydrogen (secondary N) is 1. The van der Waals surface area contributed by atoms with E-state index in [0.29, 0.717) is 0 Å². The Bertz CT molecular complexity index is 213. The first kappa shape index (κ1) is 10.2. The average Bonchev–Trinajstić information content (AvgIpc) is 2.59. The number of H-pyrrole nitrogens is 1. The van der Waals surface area contributed by atoms with Gasteiger partial charge in [0.1, 0.15) is 0 Å². The van der Waals surface area contributed by atoms with Crippen LogP contribution in [0.1, 0.15) is 24.2 Å². The van der Waals surface area contributed by atoms with Gasteiger partial charge in [-0.05, 0) is 25.7 Å². The van der Waals surface area contributed by atoms with Crippen molar-refractivity contribution in [3.63, 3.8) is 0 Å². The third-order valence-corrected chi connectivity index (χ3v) is 1.96. The second-order valence-electron chi connectivity index (χ2n) is 2.98. The molecule has 74 valence electrons. The molecule has 0 aliphatic rings. The van der Waals surface area contributed by atoms with Crippen LogP contribution >= 0.6 is 0 Å². The maximum atomic E-state index is 8.66. The second-order valence-corrected chi connectivity index (χ2v) is 2.98. The lowest BCUT2D eigenvalue weighted by atomic mass is 10.1. The number of aryl methyl sites for hydroxylation is 2. The SMILES string of the molecule is OCCCc1nc[nH]c1CCCO. The third-order valence-electron chi connectivity index (χ3n) is 1.96. The first-order chi connectivity index (χ1) is 6.38. The van der Waals surface area contributed by atoms with Gasteiger partial charge in [-0.3, -0.25) is 0 Å². The highest BCUT2D eigenvalue weighted by Crippen LogP contribution is 2.07. The molecule has 0 aliphatic heterocycles. The van der Waals surface area contributed by atoms with E-state index in [1.54, 1.807) is 6.33 Å². The van der Waals surface area contributed by atoms with E-state index in [0.717, 1.165) is 37.1 Å². The predicted octanol–water partition coefficient (Wildman–Crippen LogP) is 0.259. The molecular weight excluding hydrogens is 168 g/mol. The van der Waals surface area contributed by atoms with Crippen LogP contribution in [-0.4, -0.2) is 33.4 Å². The summed E-state index contributed by atoms with van der Waals surface area (Å²) >= 11 is 0. The van der Waals surface area contributed by atoms with Crippen molar-refractivity contribution < 1.29 is 10.2 Å². The van der Waals surface area contributed by atoms with Gasteiger partial charge in [-0.15, -0.1) is 0 Å². The summed E-state index contributed by atoms with van der Waals surface area (Å²) in [6.07, 6.45) is 4.81. The number of aromatic amines is 1.